The highest BCUT2D eigenvalue weighted by molar-refractivity contribution is 7.99. The smallest absolute Gasteiger partial charge is 0.407 e. The number of rotatable bonds is 14. The van der Waals surface area contributed by atoms with Crippen LogP contribution in [0.15, 0.2) is 36.4 Å². The second-order valence-electron chi connectivity index (χ2n) is 14.2. The Bertz CT molecular complexity index is 1470. The normalized spacial score (nSPS) is 19.0. The Morgan fingerprint density at radius 1 is 0.786 bits per heavy atom. The number of carbonyl (C=O) groups is 3. The van der Waals surface area contributed by atoms with E-state index in [9.17, 15) is 19.5 Å². The van der Waals surface area contributed by atoms with Crippen LogP contribution in [0.3, 0.4) is 0 Å². The van der Waals surface area contributed by atoms with Gasteiger partial charge in [-0.05, 0) is 63.6 Å². The Morgan fingerprint density at radius 2 is 1.32 bits per heavy atom. The molecular weight excluding hydrogens is 747 g/mol. The van der Waals surface area contributed by atoms with E-state index in [4.69, 9.17) is 33.2 Å². The number of hydrogen-bond acceptors (Lipinski definition) is 16. The minimum atomic E-state index is -1.57. The summed E-state index contributed by atoms with van der Waals surface area (Å²) in [6, 6.07) is 10.5. The van der Waals surface area contributed by atoms with Crippen LogP contribution in [0.2, 0.25) is 0 Å². The number of carbonyl (C=O) groups excluding carboxylic acids is 3. The maximum Gasteiger partial charge on any atom is 0.407 e. The monoisotopic (exact) mass is 807 g/mol. The first kappa shape index (κ1) is 47.0. The molecule has 3 heterocycles. The summed E-state index contributed by atoms with van der Waals surface area (Å²) >= 11 is 1.58. The summed E-state index contributed by atoms with van der Waals surface area (Å²) in [4.78, 5) is 49.2. The molecule has 1 amide bonds. The quantitative estimate of drug-likeness (QED) is 0.161. The number of hydrogen-bond donors (Lipinski definition) is 2. The zero-order chi connectivity index (χ0) is 40.7. The molecule has 0 aliphatic carbocycles. The van der Waals surface area contributed by atoms with E-state index in [1.165, 1.54) is 14.2 Å². The van der Waals surface area contributed by atoms with Gasteiger partial charge in [-0.25, -0.2) is 24.4 Å². The van der Waals surface area contributed by atoms with Crippen LogP contribution >= 0.6 is 11.8 Å². The van der Waals surface area contributed by atoms with Crippen LogP contribution in [0.1, 0.15) is 72.4 Å². The summed E-state index contributed by atoms with van der Waals surface area (Å²) in [5.74, 6) is -1.50. The lowest BCUT2D eigenvalue weighted by Crippen LogP contribution is -2.44. The van der Waals surface area contributed by atoms with Crippen molar-refractivity contribution in [2.45, 2.75) is 64.5 Å². The van der Waals surface area contributed by atoms with Gasteiger partial charge in [-0.15, -0.1) is 0 Å². The Balaban J connectivity index is 1.62. The average Bonchev–Trinajstić information content (AvgIpc) is 3.16. The molecule has 0 bridgehead atoms. The van der Waals surface area contributed by atoms with Crippen LogP contribution in [0.5, 0.6) is 0 Å². The molecule has 2 N–H and O–H groups in total. The largest absolute Gasteiger partial charge is 0.464 e. The van der Waals surface area contributed by atoms with E-state index in [0.29, 0.717) is 90.2 Å². The summed E-state index contributed by atoms with van der Waals surface area (Å²) in [6.07, 6.45) is 2.18. The van der Waals surface area contributed by atoms with Crippen molar-refractivity contribution < 1.29 is 52.6 Å². The number of esters is 2. The molecule has 2 aromatic heterocycles. The topological polar surface area (TPSA) is 180 Å². The van der Waals surface area contributed by atoms with Crippen molar-refractivity contribution in [1.82, 2.24) is 25.1 Å². The van der Waals surface area contributed by atoms with Crippen LogP contribution in [-0.4, -0.2) is 159 Å². The molecule has 1 aliphatic rings. The predicted octanol–water partition coefficient (Wildman–Crippen LogP) is 3.55. The van der Waals surface area contributed by atoms with Gasteiger partial charge < -0.3 is 43.6 Å². The fourth-order valence-electron chi connectivity index (χ4n) is 5.44. The number of amides is 1. The fraction of sp³-hybridized carbons (Fsp3) is 0.667. The van der Waals surface area contributed by atoms with Crippen molar-refractivity contribution >= 4 is 29.8 Å². The van der Waals surface area contributed by atoms with E-state index in [-0.39, 0.29) is 30.4 Å². The van der Waals surface area contributed by atoms with Gasteiger partial charge >= 0.3 is 18.0 Å². The lowest BCUT2D eigenvalue weighted by atomic mass is 10.2. The molecule has 16 nitrogen and oxygen atoms in total. The van der Waals surface area contributed by atoms with Crippen molar-refractivity contribution in [3.8, 4) is 0 Å². The molecule has 17 heteroatoms. The van der Waals surface area contributed by atoms with Crippen LogP contribution in [-0.2, 0) is 46.2 Å². The minimum Gasteiger partial charge on any atom is -0.464 e. The Labute approximate surface area is 335 Å². The van der Waals surface area contributed by atoms with Gasteiger partial charge in [-0.3, -0.25) is 9.80 Å². The number of nitrogens with zero attached hydrogens (tertiary/aromatic N) is 4. The Kier molecular flexibility index (Phi) is 21.6. The zero-order valence-electron chi connectivity index (χ0n) is 33.6. The molecule has 1 aliphatic heterocycles. The number of alkyl carbamates (subject to hydrolysis) is 1. The van der Waals surface area contributed by atoms with Crippen molar-refractivity contribution in [2.75, 3.05) is 105 Å². The van der Waals surface area contributed by atoms with Gasteiger partial charge in [0.25, 0.3) is 0 Å². The highest BCUT2D eigenvalue weighted by Crippen LogP contribution is 2.19. The summed E-state index contributed by atoms with van der Waals surface area (Å²) in [6.45, 7) is 11.1. The first-order valence-electron chi connectivity index (χ1n) is 19.1. The van der Waals surface area contributed by atoms with E-state index in [2.05, 4.69) is 25.1 Å². The second-order valence-corrected chi connectivity index (χ2v) is 15.3. The Morgan fingerprint density at radius 3 is 1.86 bits per heavy atom. The van der Waals surface area contributed by atoms with Gasteiger partial charge in [0.1, 0.15) is 23.6 Å². The molecule has 56 heavy (non-hydrogen) atoms. The van der Waals surface area contributed by atoms with E-state index in [1.807, 2.05) is 32.9 Å². The Hall–Kier alpha value is -3.42. The first-order valence-corrected chi connectivity index (χ1v) is 20.2. The third kappa shape index (κ3) is 19.6. The maximum atomic E-state index is 12.1. The molecule has 0 radical (unpaired) electrons. The number of aliphatic hydroxyl groups is 1. The van der Waals surface area contributed by atoms with Gasteiger partial charge in [-0.1, -0.05) is 18.6 Å². The number of thioether (sulfide) groups is 1. The standard InChI is InChI=1S/C39H61N5O11S/c1-38(2,3)55-37(47)40-15-7-6-8-26-56-30-39(48)29-53-22-18-43(27-31-11-9-13-33(41-31)35(45)49-4)16-20-51-24-25-52-21-17-44(19-23-54-39)28-32-12-10-14-34(42-32)36(46)50-5/h9-14,48H,6-8,15-30H2,1-5H3,(H,40,47)/t39-/m1/s1. The molecule has 0 aromatic carbocycles. The van der Waals surface area contributed by atoms with Crippen molar-refractivity contribution in [1.29, 1.82) is 0 Å². The summed E-state index contributed by atoms with van der Waals surface area (Å²) in [7, 11) is 2.64. The molecule has 3 rings (SSSR count). The second kappa shape index (κ2) is 25.8. The van der Waals surface area contributed by atoms with Crippen LogP contribution < -0.4 is 5.32 Å². The van der Waals surface area contributed by atoms with Crippen LogP contribution in [0.25, 0.3) is 0 Å². The van der Waals surface area contributed by atoms with Gasteiger partial charge in [0, 0.05) is 51.6 Å². The van der Waals surface area contributed by atoms with E-state index in [0.717, 1.165) is 25.0 Å². The van der Waals surface area contributed by atoms with E-state index >= 15 is 0 Å². The van der Waals surface area contributed by atoms with Gasteiger partial charge in [-0.2, -0.15) is 11.8 Å². The van der Waals surface area contributed by atoms with Crippen LogP contribution in [0.4, 0.5) is 4.79 Å². The number of unbranched alkanes of at least 4 members (excludes halogenated alkanes) is 2. The lowest BCUT2D eigenvalue weighted by Gasteiger charge is -2.30. The minimum absolute atomic E-state index is 0.0495. The highest BCUT2D eigenvalue weighted by Gasteiger charge is 2.29. The molecule has 314 valence electrons. The van der Waals surface area contributed by atoms with E-state index < -0.39 is 29.4 Å². The zero-order valence-corrected chi connectivity index (χ0v) is 34.4. The third-order valence-corrected chi connectivity index (χ3v) is 9.50. The summed E-state index contributed by atoms with van der Waals surface area (Å²) in [5, 5.41) is 14.5. The van der Waals surface area contributed by atoms with Crippen molar-refractivity contribution in [2.24, 2.45) is 0 Å². The van der Waals surface area contributed by atoms with Crippen LogP contribution in [0, 0.1) is 0 Å². The van der Waals surface area contributed by atoms with Gasteiger partial charge in [0.15, 0.2) is 5.79 Å². The van der Waals surface area contributed by atoms with Crippen molar-refractivity contribution in [3.63, 3.8) is 0 Å². The molecule has 1 saturated heterocycles. The average molecular weight is 808 g/mol. The maximum absolute atomic E-state index is 12.1. The molecule has 1 atom stereocenters. The molecular formula is C39H61N5O11S. The van der Waals surface area contributed by atoms with Crippen molar-refractivity contribution in [3.05, 3.63) is 59.2 Å². The van der Waals surface area contributed by atoms with E-state index in [1.54, 1.807) is 36.0 Å². The fourth-order valence-corrected chi connectivity index (χ4v) is 6.47. The number of methoxy groups -OCH3 is 2. The predicted molar refractivity (Wildman–Crippen MR) is 210 cm³/mol. The van der Waals surface area contributed by atoms with Gasteiger partial charge in [0.2, 0.25) is 0 Å². The molecule has 1 fully saturated rings. The third-order valence-electron chi connectivity index (χ3n) is 8.27. The SMILES string of the molecule is COC(=O)c1cccc(CN2CCOCCOCCN(Cc3cccc(C(=O)OC)n3)CCO[C@@](O)(CSCCCCCNC(=O)OC(C)(C)C)COCC2)n1. The van der Waals surface area contributed by atoms with Gasteiger partial charge in [0.05, 0.1) is 65.2 Å². The number of aromatic nitrogens is 2. The summed E-state index contributed by atoms with van der Waals surface area (Å²) in [5.41, 5.74) is 1.31. The highest BCUT2D eigenvalue weighted by atomic mass is 32.2. The number of ether oxygens (including phenoxy) is 7. The lowest BCUT2D eigenvalue weighted by molar-refractivity contribution is -0.218. The molecule has 2 aromatic rings. The number of pyridine rings is 2. The molecule has 0 saturated carbocycles. The number of nitrogens with one attached hydrogen (secondary N) is 1. The summed E-state index contributed by atoms with van der Waals surface area (Å²) < 4.78 is 39.0. The molecule has 0 spiro atoms. The first-order chi connectivity index (χ1) is 26.9. The molecule has 0 unspecified atom stereocenters.